The van der Waals surface area contributed by atoms with Gasteiger partial charge in [0, 0.05) is 43.0 Å². The highest BCUT2D eigenvalue weighted by molar-refractivity contribution is 5.71. The molecule has 2 aromatic rings. The second kappa shape index (κ2) is 9.49. The number of benzene rings is 2. The molecule has 0 unspecified atom stereocenters. The number of hydrogen-bond donors (Lipinski definition) is 1. The summed E-state index contributed by atoms with van der Waals surface area (Å²) in [6, 6.07) is 8.27. The lowest BCUT2D eigenvalue weighted by atomic mass is 9.96. The minimum absolute atomic E-state index is 0.0746. The SMILES string of the molecule is COC(=O)C[C@@H]1COc2cc(O[C@@H]3CCc4c3ccc(C(F)(F)F)c4CN3C=C4C=CNN4CC3)ccc21. The molecule has 1 aliphatic carbocycles. The predicted octanol–water partition coefficient (Wildman–Crippen LogP) is 4.80. The Hall–Kier alpha value is -3.82. The maximum atomic E-state index is 14.1. The van der Waals surface area contributed by atoms with Crippen molar-refractivity contribution in [1.29, 1.82) is 0 Å². The van der Waals surface area contributed by atoms with Gasteiger partial charge in [0.05, 0.1) is 37.9 Å². The summed E-state index contributed by atoms with van der Waals surface area (Å²) in [5.41, 5.74) is 6.23. The maximum absolute atomic E-state index is 14.1. The number of nitrogens with one attached hydrogen (secondary N) is 1. The van der Waals surface area contributed by atoms with Gasteiger partial charge in [-0.05, 0) is 47.7 Å². The van der Waals surface area contributed by atoms with Crippen LogP contribution >= 0.6 is 0 Å². The Morgan fingerprint density at radius 2 is 2.03 bits per heavy atom. The number of carbonyl (C=O) groups is 1. The predicted molar refractivity (Wildman–Crippen MR) is 132 cm³/mol. The van der Waals surface area contributed by atoms with Crippen LogP contribution in [0, 0.1) is 0 Å². The molecule has 0 saturated carbocycles. The molecule has 7 nitrogen and oxygen atoms in total. The van der Waals surface area contributed by atoms with Gasteiger partial charge in [-0.2, -0.15) is 13.2 Å². The largest absolute Gasteiger partial charge is 0.492 e. The molecule has 200 valence electrons. The number of allylic oxidation sites excluding steroid dienone is 1. The Balaban J connectivity index is 1.24. The zero-order valence-electron chi connectivity index (χ0n) is 20.9. The highest BCUT2D eigenvalue weighted by atomic mass is 19.4. The maximum Gasteiger partial charge on any atom is 0.416 e. The molecular formula is C28H28F3N3O4. The van der Waals surface area contributed by atoms with Gasteiger partial charge in [0.25, 0.3) is 0 Å². The standard InChI is InChI=1S/C28H28F3N3O4/c1-36-27(35)12-17-16-37-26-13-19(2-3-20(17)26)38-25-7-5-21-22(25)4-6-24(28(29,30)31)23(21)15-33-10-11-34-18(14-33)8-9-32-34/h2-4,6,8-9,13-14,17,25,32H,5,7,10-12,15-16H2,1H3/t17-,25-/m1/s1. The van der Waals surface area contributed by atoms with E-state index in [1.54, 1.807) is 12.1 Å². The first-order chi connectivity index (χ1) is 18.3. The number of esters is 1. The summed E-state index contributed by atoms with van der Waals surface area (Å²) in [6.45, 7) is 1.87. The molecular weight excluding hydrogens is 499 g/mol. The van der Waals surface area contributed by atoms with Gasteiger partial charge in [0.15, 0.2) is 0 Å². The van der Waals surface area contributed by atoms with Crippen molar-refractivity contribution in [2.75, 3.05) is 26.8 Å². The van der Waals surface area contributed by atoms with Gasteiger partial charge in [-0.1, -0.05) is 12.1 Å². The van der Waals surface area contributed by atoms with E-state index in [9.17, 15) is 18.0 Å². The molecule has 0 spiro atoms. The van der Waals surface area contributed by atoms with Crippen LogP contribution in [0.5, 0.6) is 11.5 Å². The van der Waals surface area contributed by atoms with Crippen molar-refractivity contribution in [1.82, 2.24) is 15.3 Å². The van der Waals surface area contributed by atoms with Crippen LogP contribution in [0.4, 0.5) is 13.2 Å². The molecule has 0 bridgehead atoms. The number of carbonyl (C=O) groups excluding carboxylic acids is 1. The van der Waals surface area contributed by atoms with Gasteiger partial charge >= 0.3 is 12.1 Å². The number of rotatable bonds is 6. The van der Waals surface area contributed by atoms with Gasteiger partial charge in [-0.25, -0.2) is 0 Å². The van der Waals surface area contributed by atoms with Crippen LogP contribution < -0.4 is 14.9 Å². The molecule has 0 radical (unpaired) electrons. The summed E-state index contributed by atoms with van der Waals surface area (Å²) in [4.78, 5) is 13.6. The first-order valence-corrected chi connectivity index (χ1v) is 12.7. The molecule has 6 rings (SSSR count). The second-order valence-electron chi connectivity index (χ2n) is 9.93. The van der Waals surface area contributed by atoms with Crippen LogP contribution in [0.15, 0.2) is 54.5 Å². The number of fused-ring (bicyclic) bond motifs is 3. The number of ether oxygens (including phenoxy) is 3. The van der Waals surface area contributed by atoms with Crippen molar-refractivity contribution in [3.8, 4) is 11.5 Å². The number of hydrogen-bond acceptors (Lipinski definition) is 7. The molecule has 4 aliphatic rings. The third-order valence-corrected chi connectivity index (χ3v) is 7.64. The van der Waals surface area contributed by atoms with Crippen LogP contribution in [-0.2, 0) is 28.7 Å². The van der Waals surface area contributed by atoms with Crippen molar-refractivity contribution in [3.63, 3.8) is 0 Å². The zero-order valence-corrected chi connectivity index (χ0v) is 20.9. The fraction of sp³-hybridized carbons (Fsp3) is 0.393. The lowest BCUT2D eigenvalue weighted by molar-refractivity contribution is -0.141. The minimum atomic E-state index is -4.44. The third-order valence-electron chi connectivity index (χ3n) is 7.64. The second-order valence-corrected chi connectivity index (χ2v) is 9.93. The molecule has 2 atom stereocenters. The van der Waals surface area contributed by atoms with E-state index in [0.717, 1.165) is 22.4 Å². The smallest absolute Gasteiger partial charge is 0.416 e. The van der Waals surface area contributed by atoms with Gasteiger partial charge in [0.2, 0.25) is 0 Å². The monoisotopic (exact) mass is 527 g/mol. The number of methoxy groups -OCH3 is 1. The van der Waals surface area contributed by atoms with E-state index in [1.807, 2.05) is 40.5 Å². The lowest BCUT2D eigenvalue weighted by Crippen LogP contribution is -2.40. The average Bonchev–Trinajstić information content (AvgIpc) is 3.62. The van der Waals surface area contributed by atoms with Gasteiger partial charge < -0.3 is 24.5 Å². The van der Waals surface area contributed by atoms with Crippen molar-refractivity contribution in [2.45, 2.75) is 44.0 Å². The molecule has 0 saturated heterocycles. The van der Waals surface area contributed by atoms with E-state index >= 15 is 0 Å². The first-order valence-electron chi connectivity index (χ1n) is 12.7. The van der Waals surface area contributed by atoms with E-state index in [1.165, 1.54) is 13.2 Å². The highest BCUT2D eigenvalue weighted by Gasteiger charge is 2.38. The molecule has 3 heterocycles. The van der Waals surface area contributed by atoms with Crippen molar-refractivity contribution in [3.05, 3.63) is 82.3 Å². The van der Waals surface area contributed by atoms with Crippen LogP contribution in [0.2, 0.25) is 0 Å². The third kappa shape index (κ3) is 4.52. The van der Waals surface area contributed by atoms with E-state index < -0.39 is 11.7 Å². The first kappa shape index (κ1) is 24.5. The summed E-state index contributed by atoms with van der Waals surface area (Å²) in [5.74, 6) is 0.876. The Bertz CT molecular complexity index is 1320. The Morgan fingerprint density at radius 3 is 2.84 bits per heavy atom. The summed E-state index contributed by atoms with van der Waals surface area (Å²) >= 11 is 0. The van der Waals surface area contributed by atoms with E-state index in [-0.39, 0.29) is 31.0 Å². The number of alkyl halides is 3. The van der Waals surface area contributed by atoms with Crippen LogP contribution in [0.25, 0.3) is 0 Å². The highest BCUT2D eigenvalue weighted by Crippen LogP contribution is 2.44. The molecule has 0 aromatic heterocycles. The molecule has 0 amide bonds. The molecule has 0 fully saturated rings. The molecule has 38 heavy (non-hydrogen) atoms. The van der Waals surface area contributed by atoms with Gasteiger partial charge in [0.1, 0.15) is 17.6 Å². The normalized spacial score (nSPS) is 21.3. The topological polar surface area (TPSA) is 63.3 Å². The quantitative estimate of drug-likeness (QED) is 0.542. The molecule has 2 aromatic carbocycles. The molecule has 10 heteroatoms. The summed E-state index contributed by atoms with van der Waals surface area (Å²) in [5, 5.41) is 1.97. The van der Waals surface area contributed by atoms with Crippen molar-refractivity contribution < 1.29 is 32.2 Å². The van der Waals surface area contributed by atoms with Crippen LogP contribution in [0.3, 0.4) is 0 Å². The summed E-state index contributed by atoms with van der Waals surface area (Å²) < 4.78 is 59.0. The van der Waals surface area contributed by atoms with Crippen LogP contribution in [-0.4, -0.2) is 42.7 Å². The molecule has 3 aliphatic heterocycles. The fourth-order valence-electron chi connectivity index (χ4n) is 5.75. The van der Waals surface area contributed by atoms with Crippen LogP contribution in [0.1, 0.15) is 52.7 Å². The Labute approximate surface area is 218 Å². The summed E-state index contributed by atoms with van der Waals surface area (Å²) in [7, 11) is 1.36. The molecule has 1 N–H and O–H groups in total. The van der Waals surface area contributed by atoms with E-state index in [2.05, 4.69) is 5.43 Å². The fourth-order valence-corrected chi connectivity index (χ4v) is 5.75. The lowest BCUT2D eigenvalue weighted by Gasteiger charge is -2.33. The van der Waals surface area contributed by atoms with Crippen molar-refractivity contribution in [2.24, 2.45) is 0 Å². The Kier molecular flexibility index (Phi) is 6.12. The van der Waals surface area contributed by atoms with E-state index in [0.29, 0.717) is 49.6 Å². The number of hydrazine groups is 1. The number of halogens is 3. The van der Waals surface area contributed by atoms with Gasteiger partial charge in [-0.15, -0.1) is 0 Å². The minimum Gasteiger partial charge on any atom is -0.492 e. The average molecular weight is 528 g/mol. The van der Waals surface area contributed by atoms with Crippen molar-refractivity contribution >= 4 is 5.97 Å². The van der Waals surface area contributed by atoms with E-state index in [4.69, 9.17) is 14.2 Å². The number of nitrogens with zero attached hydrogens (tertiary/aromatic N) is 2. The Morgan fingerprint density at radius 1 is 1.18 bits per heavy atom. The summed E-state index contributed by atoms with van der Waals surface area (Å²) in [6.07, 6.45) is 2.19. The van der Waals surface area contributed by atoms with Gasteiger partial charge in [-0.3, -0.25) is 9.80 Å². The zero-order chi connectivity index (χ0) is 26.4.